The molecule has 0 bridgehead atoms. The number of hydrogen-bond donors (Lipinski definition) is 1. The Balaban J connectivity index is 2.14. The summed E-state index contributed by atoms with van der Waals surface area (Å²) in [6.07, 6.45) is 2.63. The van der Waals surface area contributed by atoms with Crippen LogP contribution in [0, 0.1) is 17.5 Å². The third-order valence-corrected chi connectivity index (χ3v) is 2.69. The van der Waals surface area contributed by atoms with E-state index in [0.29, 0.717) is 12.0 Å². The lowest BCUT2D eigenvalue weighted by molar-refractivity contribution is 0.444. The van der Waals surface area contributed by atoms with E-state index in [0.717, 1.165) is 31.5 Å². The van der Waals surface area contributed by atoms with Gasteiger partial charge in [-0.05, 0) is 43.5 Å². The molecule has 1 aliphatic heterocycles. The molecule has 1 N–H and O–H groups in total. The van der Waals surface area contributed by atoms with Gasteiger partial charge >= 0.3 is 0 Å². The molecular formula is C11H12F3N. The van der Waals surface area contributed by atoms with E-state index in [1.54, 1.807) is 0 Å². The van der Waals surface area contributed by atoms with Gasteiger partial charge in [-0.25, -0.2) is 13.2 Å². The van der Waals surface area contributed by atoms with Crippen molar-refractivity contribution in [1.82, 2.24) is 5.32 Å². The highest BCUT2D eigenvalue weighted by Crippen LogP contribution is 2.17. The zero-order valence-electron chi connectivity index (χ0n) is 8.19. The van der Waals surface area contributed by atoms with Crippen molar-refractivity contribution in [2.75, 3.05) is 6.54 Å². The normalized spacial score (nSPS) is 20.9. The minimum Gasteiger partial charge on any atom is -0.314 e. The molecule has 1 unspecified atom stereocenters. The fraction of sp³-hybridized carbons (Fsp3) is 0.455. The standard InChI is InChI=1S/C11H12F3N/c12-9-5-7(6-10(13)11(9)14)4-8-2-1-3-15-8/h5-6,8,15H,1-4H2. The van der Waals surface area contributed by atoms with Crippen LogP contribution in [0.15, 0.2) is 12.1 Å². The summed E-state index contributed by atoms with van der Waals surface area (Å²) in [7, 11) is 0. The Hall–Kier alpha value is -1.03. The van der Waals surface area contributed by atoms with Gasteiger partial charge in [0.05, 0.1) is 0 Å². The van der Waals surface area contributed by atoms with Crippen LogP contribution in [0.25, 0.3) is 0 Å². The van der Waals surface area contributed by atoms with Crippen molar-refractivity contribution in [2.45, 2.75) is 25.3 Å². The summed E-state index contributed by atoms with van der Waals surface area (Å²) in [6, 6.07) is 2.39. The monoisotopic (exact) mass is 215 g/mol. The number of benzene rings is 1. The molecule has 0 aromatic heterocycles. The number of rotatable bonds is 2. The summed E-state index contributed by atoms with van der Waals surface area (Å²) in [4.78, 5) is 0. The highest BCUT2D eigenvalue weighted by molar-refractivity contribution is 5.20. The molecular weight excluding hydrogens is 203 g/mol. The molecule has 0 radical (unpaired) electrons. The van der Waals surface area contributed by atoms with Gasteiger partial charge < -0.3 is 5.32 Å². The zero-order chi connectivity index (χ0) is 10.8. The van der Waals surface area contributed by atoms with Crippen LogP contribution in [-0.4, -0.2) is 12.6 Å². The van der Waals surface area contributed by atoms with Crippen molar-refractivity contribution in [3.05, 3.63) is 35.1 Å². The smallest absolute Gasteiger partial charge is 0.194 e. The minimum absolute atomic E-state index is 0.259. The molecule has 1 saturated heterocycles. The third kappa shape index (κ3) is 2.31. The summed E-state index contributed by atoms with van der Waals surface area (Å²) >= 11 is 0. The van der Waals surface area contributed by atoms with Gasteiger partial charge in [0.1, 0.15) is 0 Å². The molecule has 15 heavy (non-hydrogen) atoms. The van der Waals surface area contributed by atoms with E-state index in [1.807, 2.05) is 0 Å². The molecule has 1 fully saturated rings. The molecule has 1 aromatic carbocycles. The van der Waals surface area contributed by atoms with E-state index in [-0.39, 0.29) is 6.04 Å². The summed E-state index contributed by atoms with van der Waals surface area (Å²) < 4.78 is 38.4. The van der Waals surface area contributed by atoms with E-state index >= 15 is 0 Å². The predicted octanol–water partition coefficient (Wildman–Crippen LogP) is 2.40. The molecule has 1 heterocycles. The van der Waals surface area contributed by atoms with Gasteiger partial charge in [0.25, 0.3) is 0 Å². The van der Waals surface area contributed by atoms with Gasteiger partial charge in [-0.1, -0.05) is 0 Å². The number of hydrogen-bond acceptors (Lipinski definition) is 1. The SMILES string of the molecule is Fc1cc(CC2CCCN2)cc(F)c1F. The van der Waals surface area contributed by atoms with Crippen LogP contribution in [0.2, 0.25) is 0 Å². The number of nitrogens with one attached hydrogen (secondary N) is 1. The Labute approximate surface area is 86.3 Å². The van der Waals surface area contributed by atoms with E-state index in [4.69, 9.17) is 0 Å². The molecule has 2 rings (SSSR count). The minimum atomic E-state index is -1.39. The van der Waals surface area contributed by atoms with E-state index < -0.39 is 17.5 Å². The van der Waals surface area contributed by atoms with Crippen molar-refractivity contribution in [1.29, 1.82) is 0 Å². The Bertz CT molecular complexity index is 336. The lowest BCUT2D eigenvalue weighted by atomic mass is 10.0. The van der Waals surface area contributed by atoms with Crippen LogP contribution in [0.1, 0.15) is 18.4 Å². The van der Waals surface area contributed by atoms with E-state index in [2.05, 4.69) is 5.32 Å². The Morgan fingerprint density at radius 1 is 1.20 bits per heavy atom. The maximum atomic E-state index is 12.9. The van der Waals surface area contributed by atoms with Crippen molar-refractivity contribution < 1.29 is 13.2 Å². The second kappa shape index (κ2) is 4.23. The fourth-order valence-electron chi connectivity index (χ4n) is 1.94. The average Bonchev–Trinajstić information content (AvgIpc) is 2.66. The predicted molar refractivity (Wildman–Crippen MR) is 51.0 cm³/mol. The second-order valence-corrected chi connectivity index (χ2v) is 3.87. The summed E-state index contributed by atoms with van der Waals surface area (Å²) in [5, 5.41) is 3.22. The van der Waals surface area contributed by atoms with Crippen molar-refractivity contribution in [3.8, 4) is 0 Å². The van der Waals surface area contributed by atoms with Gasteiger partial charge in [-0.15, -0.1) is 0 Å². The van der Waals surface area contributed by atoms with E-state index in [1.165, 1.54) is 0 Å². The summed E-state index contributed by atoms with van der Waals surface area (Å²) in [6.45, 7) is 0.941. The number of halogens is 3. The lowest BCUT2D eigenvalue weighted by Crippen LogP contribution is -2.23. The van der Waals surface area contributed by atoms with Crippen molar-refractivity contribution in [2.24, 2.45) is 0 Å². The van der Waals surface area contributed by atoms with Crippen LogP contribution in [0.5, 0.6) is 0 Å². The Kier molecular flexibility index (Phi) is 2.95. The summed E-state index contributed by atoms with van der Waals surface area (Å²) in [5.41, 5.74) is 0.505. The lowest BCUT2D eigenvalue weighted by Gasteiger charge is -2.10. The first-order valence-corrected chi connectivity index (χ1v) is 5.03. The first kappa shape index (κ1) is 10.5. The van der Waals surface area contributed by atoms with Crippen LogP contribution in [-0.2, 0) is 6.42 Å². The van der Waals surface area contributed by atoms with Gasteiger partial charge in [0.15, 0.2) is 17.5 Å². The molecule has 1 nitrogen and oxygen atoms in total. The molecule has 0 saturated carbocycles. The largest absolute Gasteiger partial charge is 0.314 e. The van der Waals surface area contributed by atoms with Crippen molar-refractivity contribution in [3.63, 3.8) is 0 Å². The van der Waals surface area contributed by atoms with Crippen LogP contribution in [0.3, 0.4) is 0 Å². The third-order valence-electron chi connectivity index (χ3n) is 2.69. The molecule has 0 aliphatic carbocycles. The zero-order valence-corrected chi connectivity index (χ0v) is 8.19. The Morgan fingerprint density at radius 2 is 1.87 bits per heavy atom. The highest BCUT2D eigenvalue weighted by atomic mass is 19.2. The summed E-state index contributed by atoms with van der Waals surface area (Å²) in [5.74, 6) is -3.61. The van der Waals surface area contributed by atoms with Gasteiger partial charge in [-0.3, -0.25) is 0 Å². The van der Waals surface area contributed by atoms with Crippen LogP contribution >= 0.6 is 0 Å². The molecule has 1 aromatic rings. The first-order chi connectivity index (χ1) is 7.16. The molecule has 82 valence electrons. The first-order valence-electron chi connectivity index (χ1n) is 5.03. The van der Waals surface area contributed by atoms with Crippen LogP contribution < -0.4 is 5.32 Å². The van der Waals surface area contributed by atoms with Gasteiger partial charge in [-0.2, -0.15) is 0 Å². The molecule has 1 aliphatic rings. The topological polar surface area (TPSA) is 12.0 Å². The van der Waals surface area contributed by atoms with Gasteiger partial charge in [0.2, 0.25) is 0 Å². The molecule has 4 heteroatoms. The Morgan fingerprint density at radius 3 is 2.40 bits per heavy atom. The quantitative estimate of drug-likeness (QED) is 0.747. The maximum absolute atomic E-state index is 12.9. The fourth-order valence-corrected chi connectivity index (χ4v) is 1.94. The second-order valence-electron chi connectivity index (χ2n) is 3.87. The van der Waals surface area contributed by atoms with Crippen LogP contribution in [0.4, 0.5) is 13.2 Å². The van der Waals surface area contributed by atoms with Crippen molar-refractivity contribution >= 4 is 0 Å². The molecule has 1 atom stereocenters. The average molecular weight is 215 g/mol. The van der Waals surface area contributed by atoms with Gasteiger partial charge in [0, 0.05) is 6.04 Å². The molecule has 0 amide bonds. The highest BCUT2D eigenvalue weighted by Gasteiger charge is 2.17. The van der Waals surface area contributed by atoms with E-state index in [9.17, 15) is 13.2 Å². The maximum Gasteiger partial charge on any atom is 0.194 e. The molecule has 0 spiro atoms.